The van der Waals surface area contributed by atoms with E-state index in [1.165, 1.54) is 31.3 Å². The number of allylic oxidation sites excluding steroid dienone is 1. The average Bonchev–Trinajstić information content (AvgIpc) is 3.53. The van der Waals surface area contributed by atoms with Crippen molar-refractivity contribution in [3.8, 4) is 0 Å². The van der Waals surface area contributed by atoms with Crippen molar-refractivity contribution >= 4 is 11.8 Å². The Bertz CT molecular complexity index is 827. The maximum absolute atomic E-state index is 12.2. The van der Waals surface area contributed by atoms with Gasteiger partial charge in [0.1, 0.15) is 5.60 Å². The highest BCUT2D eigenvalue weighted by Gasteiger charge is 2.81. The van der Waals surface area contributed by atoms with Crippen molar-refractivity contribution in [2.45, 2.75) is 70.8 Å². The number of ether oxygens (including phenoxy) is 1. The number of fused-ring (bicyclic) bond motifs is 12. The van der Waals surface area contributed by atoms with Crippen molar-refractivity contribution < 1.29 is 14.3 Å². The van der Waals surface area contributed by atoms with Crippen LogP contribution in [0.4, 0.5) is 0 Å². The molecule has 1 heterocycles. The molecule has 5 saturated carbocycles. The summed E-state index contributed by atoms with van der Waals surface area (Å²) in [7, 11) is 0. The lowest BCUT2D eigenvalue weighted by Crippen LogP contribution is -2.57. The Morgan fingerprint density at radius 2 is 1.85 bits per heavy atom. The minimum absolute atomic E-state index is 0.0561. The molecule has 144 valence electrons. The van der Waals surface area contributed by atoms with Crippen LogP contribution in [0.5, 0.6) is 0 Å². The highest BCUT2D eigenvalue weighted by molar-refractivity contribution is 5.92. The molecule has 0 aromatic carbocycles. The summed E-state index contributed by atoms with van der Waals surface area (Å²) in [6.07, 6.45) is 10.6. The molecule has 3 nitrogen and oxygen atoms in total. The normalized spacial score (nSPS) is 62.0. The molecule has 1 saturated heterocycles. The molecule has 0 aromatic heterocycles. The van der Waals surface area contributed by atoms with E-state index in [-0.39, 0.29) is 22.4 Å². The predicted molar refractivity (Wildman–Crippen MR) is 99.5 cm³/mol. The molecule has 0 amide bonds. The first-order chi connectivity index (χ1) is 12.9. The lowest BCUT2D eigenvalue weighted by molar-refractivity contribution is -0.177. The van der Waals surface area contributed by atoms with Gasteiger partial charge >= 0.3 is 5.97 Å². The van der Waals surface area contributed by atoms with Gasteiger partial charge in [-0.05, 0) is 85.5 Å². The quantitative estimate of drug-likeness (QED) is 0.600. The van der Waals surface area contributed by atoms with Crippen LogP contribution in [0, 0.1) is 52.3 Å². The topological polar surface area (TPSA) is 43.4 Å². The van der Waals surface area contributed by atoms with Gasteiger partial charge in [0.15, 0.2) is 5.78 Å². The number of rotatable bonds is 0. The zero-order chi connectivity index (χ0) is 18.3. The summed E-state index contributed by atoms with van der Waals surface area (Å²) in [5.41, 5.74) is 1.85. The van der Waals surface area contributed by atoms with E-state index in [1.807, 2.05) is 0 Å². The van der Waals surface area contributed by atoms with E-state index in [0.29, 0.717) is 24.0 Å². The molecule has 7 aliphatic rings. The third kappa shape index (κ3) is 1.58. The Morgan fingerprint density at radius 3 is 2.63 bits per heavy atom. The first-order valence-corrected chi connectivity index (χ1v) is 11.4. The van der Waals surface area contributed by atoms with E-state index in [9.17, 15) is 9.59 Å². The molecule has 10 atom stereocenters. The van der Waals surface area contributed by atoms with Crippen LogP contribution < -0.4 is 0 Å². The number of ketones is 1. The molecular weight excluding hydrogens is 336 g/mol. The average molecular weight is 367 g/mol. The number of hydrogen-bond donors (Lipinski definition) is 0. The third-order valence-electron chi connectivity index (χ3n) is 10.9. The van der Waals surface area contributed by atoms with Gasteiger partial charge in [0.25, 0.3) is 0 Å². The largest absolute Gasteiger partial charge is 0.458 e. The fourth-order valence-corrected chi connectivity index (χ4v) is 9.74. The monoisotopic (exact) mass is 366 g/mol. The van der Waals surface area contributed by atoms with Gasteiger partial charge in [-0.3, -0.25) is 9.59 Å². The molecule has 7 rings (SSSR count). The van der Waals surface area contributed by atoms with Crippen LogP contribution in [0.15, 0.2) is 11.6 Å². The highest BCUT2D eigenvalue weighted by Crippen LogP contribution is 2.82. The van der Waals surface area contributed by atoms with Gasteiger partial charge in [0.2, 0.25) is 0 Å². The molecule has 0 N–H and O–H groups in total. The summed E-state index contributed by atoms with van der Waals surface area (Å²) in [6.45, 7) is 4.99. The molecule has 1 aliphatic heterocycles. The van der Waals surface area contributed by atoms with Gasteiger partial charge in [-0.1, -0.05) is 19.4 Å². The molecule has 1 spiro atoms. The summed E-state index contributed by atoms with van der Waals surface area (Å²) in [5.74, 6) is 5.65. The van der Waals surface area contributed by atoms with Crippen LogP contribution in [0.2, 0.25) is 0 Å². The number of hydrogen-bond acceptors (Lipinski definition) is 3. The van der Waals surface area contributed by atoms with E-state index >= 15 is 0 Å². The van der Waals surface area contributed by atoms with E-state index in [2.05, 4.69) is 19.9 Å². The van der Waals surface area contributed by atoms with Gasteiger partial charge < -0.3 is 4.74 Å². The first-order valence-electron chi connectivity index (χ1n) is 11.4. The molecule has 0 unspecified atom stereocenters. The molecular formula is C24H30O3. The second-order valence-corrected chi connectivity index (χ2v) is 11.5. The highest BCUT2D eigenvalue weighted by atomic mass is 16.6. The molecule has 0 radical (unpaired) electrons. The van der Waals surface area contributed by atoms with Crippen LogP contribution in [0.3, 0.4) is 0 Å². The van der Waals surface area contributed by atoms with Crippen LogP contribution in [-0.4, -0.2) is 17.4 Å². The maximum atomic E-state index is 12.2. The molecule has 6 aliphatic carbocycles. The van der Waals surface area contributed by atoms with Crippen LogP contribution in [0.1, 0.15) is 65.2 Å². The fourth-order valence-electron chi connectivity index (χ4n) is 9.74. The van der Waals surface area contributed by atoms with Crippen molar-refractivity contribution in [2.75, 3.05) is 0 Å². The van der Waals surface area contributed by atoms with Crippen LogP contribution in [0.25, 0.3) is 0 Å². The zero-order valence-corrected chi connectivity index (χ0v) is 16.5. The van der Waals surface area contributed by atoms with E-state index in [4.69, 9.17) is 4.74 Å². The van der Waals surface area contributed by atoms with Crippen LogP contribution >= 0.6 is 0 Å². The number of carbonyl (C=O) groups is 2. The molecule has 6 fully saturated rings. The molecule has 27 heavy (non-hydrogen) atoms. The first kappa shape index (κ1) is 15.8. The Kier molecular flexibility index (Phi) is 2.56. The summed E-state index contributed by atoms with van der Waals surface area (Å²) < 4.78 is 6.22. The molecule has 0 aromatic rings. The van der Waals surface area contributed by atoms with Gasteiger partial charge in [0, 0.05) is 24.2 Å². The second-order valence-electron chi connectivity index (χ2n) is 11.5. The SMILES string of the molecule is C[C@]12CCC(=O)C=C1[C@H]1C[C@@H]1[C@H]1[C@@H]3[C@@H]4C[C@@H]4[C@@]4(CCC(=O)O4)[C@@]3(C)CC[C@@H]12. The maximum Gasteiger partial charge on any atom is 0.306 e. The smallest absolute Gasteiger partial charge is 0.306 e. The standard InChI is InChI=1S/C24H30O3/c1-22-6-3-12(25)9-17(22)13-10-14(13)20-16(22)4-7-23(2)21(20)15-11-18(15)24(23)8-5-19(26)27-24/h9,13-16,18,20-21H,3-8,10-11H2,1-2H3/t13-,14-,15+,16-,18-,20+,21-,22+,23-,24-/m0/s1. The van der Waals surface area contributed by atoms with Crippen molar-refractivity contribution in [3.63, 3.8) is 0 Å². The van der Waals surface area contributed by atoms with Gasteiger partial charge in [-0.15, -0.1) is 0 Å². The zero-order valence-electron chi connectivity index (χ0n) is 16.5. The van der Waals surface area contributed by atoms with E-state index in [0.717, 1.165) is 48.9 Å². The summed E-state index contributed by atoms with van der Waals surface area (Å²) in [5, 5.41) is 0. The lowest BCUT2D eigenvalue weighted by Gasteiger charge is -2.60. The van der Waals surface area contributed by atoms with Crippen molar-refractivity contribution in [3.05, 3.63) is 11.6 Å². The van der Waals surface area contributed by atoms with Gasteiger partial charge in [-0.25, -0.2) is 0 Å². The summed E-state index contributed by atoms with van der Waals surface area (Å²) in [6, 6.07) is 0. The van der Waals surface area contributed by atoms with Crippen LogP contribution in [-0.2, 0) is 14.3 Å². The fraction of sp³-hybridized carbons (Fsp3) is 0.833. The Labute approximate surface area is 161 Å². The van der Waals surface area contributed by atoms with Crippen molar-refractivity contribution in [2.24, 2.45) is 52.3 Å². The Hall–Kier alpha value is -1.12. The summed E-state index contributed by atoms with van der Waals surface area (Å²) >= 11 is 0. The van der Waals surface area contributed by atoms with Crippen molar-refractivity contribution in [1.82, 2.24) is 0 Å². The molecule has 3 heteroatoms. The third-order valence-corrected chi connectivity index (χ3v) is 10.9. The number of esters is 1. The van der Waals surface area contributed by atoms with E-state index in [1.54, 1.807) is 0 Å². The van der Waals surface area contributed by atoms with Crippen molar-refractivity contribution in [1.29, 1.82) is 0 Å². The van der Waals surface area contributed by atoms with E-state index < -0.39 is 0 Å². The minimum atomic E-state index is -0.131. The number of carbonyl (C=O) groups excluding carboxylic acids is 2. The van der Waals surface area contributed by atoms with Gasteiger partial charge in [-0.2, -0.15) is 0 Å². The Morgan fingerprint density at radius 1 is 1.00 bits per heavy atom. The Balaban J connectivity index is 1.33. The van der Waals surface area contributed by atoms with Gasteiger partial charge in [0.05, 0.1) is 0 Å². The second kappa shape index (κ2) is 4.39. The predicted octanol–water partition coefficient (Wildman–Crippen LogP) is 4.31. The molecule has 0 bridgehead atoms. The lowest BCUT2D eigenvalue weighted by atomic mass is 9.45. The minimum Gasteiger partial charge on any atom is -0.458 e. The summed E-state index contributed by atoms with van der Waals surface area (Å²) in [4.78, 5) is 24.3.